The molecule has 0 aromatic carbocycles. The molecule has 2 aliphatic heterocycles. The van der Waals surface area contributed by atoms with Gasteiger partial charge in [0, 0.05) is 28.2 Å². The molecule has 0 N–H and O–H groups in total. The zero-order chi connectivity index (χ0) is 26.9. The molecule has 1 aliphatic carbocycles. The minimum absolute atomic E-state index is 0.00545. The van der Waals surface area contributed by atoms with Gasteiger partial charge in [-0.25, -0.2) is 9.36 Å². The van der Waals surface area contributed by atoms with Crippen molar-refractivity contribution in [3.63, 3.8) is 0 Å². The minimum Gasteiger partial charge on any atom is -0.465 e. The summed E-state index contributed by atoms with van der Waals surface area (Å²) in [6.07, 6.45) is 2.46. The molecule has 37 heavy (non-hydrogen) atoms. The van der Waals surface area contributed by atoms with Crippen LogP contribution in [0.1, 0.15) is 31.4 Å². The highest BCUT2D eigenvalue weighted by atomic mass is 16.5. The zero-order valence-electron chi connectivity index (χ0n) is 21.3. The molecule has 3 aliphatic rings. The summed E-state index contributed by atoms with van der Waals surface area (Å²) in [6, 6.07) is 0. The first kappa shape index (κ1) is 24.3. The van der Waals surface area contributed by atoms with Crippen LogP contribution < -0.4 is 21.1 Å². The molecule has 2 aromatic rings. The number of hydrogen-bond donors (Lipinski definition) is 0. The number of esters is 2. The molecule has 0 spiro atoms. The lowest BCUT2D eigenvalue weighted by Gasteiger charge is -2.35. The van der Waals surface area contributed by atoms with E-state index in [1.54, 1.807) is 27.9 Å². The number of ether oxygens (including phenoxy) is 2. The van der Waals surface area contributed by atoms with Crippen molar-refractivity contribution in [2.75, 3.05) is 37.3 Å². The fourth-order valence-corrected chi connectivity index (χ4v) is 5.46. The largest absolute Gasteiger partial charge is 0.465 e. The fourth-order valence-electron chi connectivity index (χ4n) is 5.46. The predicted molar refractivity (Wildman–Crippen MR) is 132 cm³/mol. The Balaban J connectivity index is 1.97. The Labute approximate surface area is 210 Å². The molecule has 2 aromatic heterocycles. The minimum atomic E-state index is -1.86. The van der Waals surface area contributed by atoms with Crippen LogP contribution in [0.25, 0.3) is 0 Å². The Morgan fingerprint density at radius 1 is 0.784 bits per heavy atom. The molecule has 5 rings (SSSR count). The van der Waals surface area contributed by atoms with E-state index in [1.807, 2.05) is 0 Å². The van der Waals surface area contributed by atoms with Crippen LogP contribution in [0.2, 0.25) is 0 Å². The molecule has 0 bridgehead atoms. The summed E-state index contributed by atoms with van der Waals surface area (Å²) in [4.78, 5) is 55.1. The summed E-state index contributed by atoms with van der Waals surface area (Å²) in [5, 5.41) is 20.3. The molecule has 14 heteroatoms. The molecule has 0 radical (unpaired) electrons. The SMILES string of the molecule is CCOC(=O)[C@@]12C[C@@]3(C(=O)OCC)C(=NN(C)c4cnn(C)c(=O)c43)C1=NN(C)c1cnn(C)c(=O)c12. The van der Waals surface area contributed by atoms with Crippen LogP contribution in [-0.2, 0) is 44.0 Å². The lowest BCUT2D eigenvalue weighted by molar-refractivity contribution is -0.150. The van der Waals surface area contributed by atoms with Gasteiger partial charge in [0.2, 0.25) is 0 Å². The van der Waals surface area contributed by atoms with Crippen LogP contribution in [0, 0.1) is 0 Å². The van der Waals surface area contributed by atoms with Crippen molar-refractivity contribution < 1.29 is 19.1 Å². The molecular weight excluding hydrogens is 484 g/mol. The third kappa shape index (κ3) is 2.92. The van der Waals surface area contributed by atoms with Gasteiger partial charge in [0.05, 0.1) is 48.1 Å². The van der Waals surface area contributed by atoms with E-state index in [9.17, 15) is 19.2 Å². The van der Waals surface area contributed by atoms with Crippen molar-refractivity contribution >= 4 is 34.7 Å². The average molecular weight is 511 g/mol. The van der Waals surface area contributed by atoms with Crippen LogP contribution >= 0.6 is 0 Å². The normalized spacial score (nSPS) is 23.3. The van der Waals surface area contributed by atoms with Crippen LogP contribution in [-0.4, -0.2) is 70.2 Å². The lowest BCUT2D eigenvalue weighted by Crippen LogP contribution is -2.52. The van der Waals surface area contributed by atoms with E-state index in [2.05, 4.69) is 20.4 Å². The van der Waals surface area contributed by atoms with Gasteiger partial charge in [0.25, 0.3) is 11.1 Å². The Morgan fingerprint density at radius 3 is 1.51 bits per heavy atom. The Hall–Kier alpha value is -4.36. The third-order valence-corrected chi connectivity index (χ3v) is 7.10. The maximum absolute atomic E-state index is 13.9. The Morgan fingerprint density at radius 2 is 1.16 bits per heavy atom. The summed E-state index contributed by atoms with van der Waals surface area (Å²) in [5.41, 5.74) is -4.18. The summed E-state index contributed by atoms with van der Waals surface area (Å²) >= 11 is 0. The van der Waals surface area contributed by atoms with Crippen molar-refractivity contribution in [2.45, 2.75) is 31.1 Å². The topological polar surface area (TPSA) is 154 Å². The first-order valence-electron chi connectivity index (χ1n) is 11.7. The fraction of sp³-hybridized carbons (Fsp3) is 0.478. The number of anilines is 2. The van der Waals surface area contributed by atoms with Crippen LogP contribution in [0.4, 0.5) is 11.4 Å². The molecule has 1 saturated carbocycles. The number of carbonyl (C=O) groups is 2. The molecule has 194 valence electrons. The van der Waals surface area contributed by atoms with Crippen molar-refractivity contribution in [3.8, 4) is 0 Å². The molecule has 1 fully saturated rings. The second-order valence-corrected chi connectivity index (χ2v) is 9.04. The van der Waals surface area contributed by atoms with Gasteiger partial charge >= 0.3 is 11.9 Å². The second-order valence-electron chi connectivity index (χ2n) is 9.04. The van der Waals surface area contributed by atoms with Gasteiger partial charge in [-0.2, -0.15) is 20.4 Å². The van der Waals surface area contributed by atoms with Crippen molar-refractivity contribution in [1.29, 1.82) is 0 Å². The molecule has 0 unspecified atom stereocenters. The molecule has 0 saturated heterocycles. The zero-order valence-corrected chi connectivity index (χ0v) is 21.3. The number of carbonyl (C=O) groups excluding carboxylic acids is 2. The highest BCUT2D eigenvalue weighted by Gasteiger charge is 2.72. The van der Waals surface area contributed by atoms with Crippen molar-refractivity contribution in [2.24, 2.45) is 24.3 Å². The molecular formula is C23H26N8O6. The number of fused-ring (bicyclic) bond motifs is 7. The van der Waals surface area contributed by atoms with Crippen LogP contribution in [0.15, 0.2) is 32.2 Å². The summed E-state index contributed by atoms with van der Waals surface area (Å²) < 4.78 is 13.2. The van der Waals surface area contributed by atoms with Gasteiger partial charge in [0.15, 0.2) is 0 Å². The number of hydrazone groups is 2. The van der Waals surface area contributed by atoms with Gasteiger partial charge in [-0.05, 0) is 20.3 Å². The standard InChI is InChI=1S/C23H26N8O6/c1-7-36-20(34)22-11-23(21(35)37-8-2)15-13(10-25-31(6)19(15)33)29(4)27-17(23)16(22)26-28(3)12-9-24-30(5)18(32)14(12)22/h9-10H,7-8,11H2,1-6H3/t22-,23+. The van der Waals surface area contributed by atoms with E-state index in [4.69, 9.17) is 9.47 Å². The maximum atomic E-state index is 13.9. The molecule has 2 atom stereocenters. The average Bonchev–Trinajstić information content (AvgIpc) is 3.15. The predicted octanol–water partition coefficient (Wildman–Crippen LogP) is -0.809. The molecule has 14 nitrogen and oxygen atoms in total. The van der Waals surface area contributed by atoms with Gasteiger partial charge in [-0.3, -0.25) is 29.2 Å². The van der Waals surface area contributed by atoms with E-state index in [0.717, 1.165) is 9.36 Å². The highest BCUT2D eigenvalue weighted by Crippen LogP contribution is 2.55. The monoisotopic (exact) mass is 510 g/mol. The van der Waals surface area contributed by atoms with Gasteiger partial charge in [-0.1, -0.05) is 0 Å². The summed E-state index contributed by atoms with van der Waals surface area (Å²) in [5.74, 6) is -1.58. The van der Waals surface area contributed by atoms with E-state index >= 15 is 0 Å². The first-order chi connectivity index (χ1) is 17.6. The van der Waals surface area contributed by atoms with E-state index in [0.29, 0.717) is 0 Å². The number of aryl methyl sites for hydroxylation is 2. The molecule has 4 heterocycles. The molecule has 0 amide bonds. The quantitative estimate of drug-likeness (QED) is 0.477. The van der Waals surface area contributed by atoms with E-state index in [-0.39, 0.29) is 53.6 Å². The number of hydrogen-bond acceptors (Lipinski definition) is 12. The van der Waals surface area contributed by atoms with Crippen molar-refractivity contribution in [1.82, 2.24) is 19.6 Å². The number of aromatic nitrogens is 4. The second kappa shape index (κ2) is 8.08. The number of rotatable bonds is 4. The third-order valence-electron chi connectivity index (χ3n) is 7.10. The maximum Gasteiger partial charge on any atom is 0.323 e. The van der Waals surface area contributed by atoms with Gasteiger partial charge in [0.1, 0.15) is 22.3 Å². The smallest absolute Gasteiger partial charge is 0.323 e. The van der Waals surface area contributed by atoms with E-state index < -0.39 is 33.9 Å². The summed E-state index contributed by atoms with van der Waals surface area (Å²) in [6.45, 7) is 3.28. The highest BCUT2D eigenvalue weighted by molar-refractivity contribution is 6.58. The summed E-state index contributed by atoms with van der Waals surface area (Å²) in [7, 11) is 6.10. The van der Waals surface area contributed by atoms with Gasteiger partial charge < -0.3 is 9.47 Å². The van der Waals surface area contributed by atoms with Crippen molar-refractivity contribution in [3.05, 3.63) is 44.2 Å². The van der Waals surface area contributed by atoms with Crippen LogP contribution in [0.5, 0.6) is 0 Å². The Bertz CT molecular complexity index is 1430. The van der Waals surface area contributed by atoms with Crippen LogP contribution in [0.3, 0.4) is 0 Å². The Kier molecular flexibility index (Phi) is 5.31. The van der Waals surface area contributed by atoms with Gasteiger partial charge in [-0.15, -0.1) is 0 Å². The lowest BCUT2D eigenvalue weighted by atomic mass is 9.71. The number of nitrogens with zero attached hydrogens (tertiary/aromatic N) is 8. The first-order valence-corrected chi connectivity index (χ1v) is 11.7. The van der Waals surface area contributed by atoms with E-state index in [1.165, 1.54) is 36.5 Å².